The van der Waals surface area contributed by atoms with Crippen molar-refractivity contribution < 1.29 is 4.74 Å². The average molecular weight is 176 g/mol. The SMILES string of the molecule is C=CCNCCOc1cc[c]cc1. The van der Waals surface area contributed by atoms with Gasteiger partial charge in [0, 0.05) is 13.1 Å². The maximum atomic E-state index is 5.44. The van der Waals surface area contributed by atoms with Crippen molar-refractivity contribution in [2.45, 2.75) is 0 Å². The lowest BCUT2D eigenvalue weighted by Crippen LogP contribution is -2.20. The Balaban J connectivity index is 2.10. The van der Waals surface area contributed by atoms with Crippen LogP contribution in [0.4, 0.5) is 0 Å². The van der Waals surface area contributed by atoms with Crippen LogP contribution in [0.15, 0.2) is 36.9 Å². The van der Waals surface area contributed by atoms with Crippen LogP contribution in [0.5, 0.6) is 5.75 Å². The fourth-order valence-corrected chi connectivity index (χ4v) is 0.913. The highest BCUT2D eigenvalue weighted by atomic mass is 16.5. The number of hydrogen-bond donors (Lipinski definition) is 1. The minimum atomic E-state index is 0.678. The molecule has 13 heavy (non-hydrogen) atoms. The Hall–Kier alpha value is -1.28. The molecule has 1 radical (unpaired) electrons. The van der Waals surface area contributed by atoms with Crippen LogP contribution in [0.3, 0.4) is 0 Å². The summed E-state index contributed by atoms with van der Waals surface area (Å²) in [5.74, 6) is 0.888. The summed E-state index contributed by atoms with van der Waals surface area (Å²) in [5, 5.41) is 3.15. The minimum Gasteiger partial charge on any atom is -0.492 e. The largest absolute Gasteiger partial charge is 0.492 e. The van der Waals surface area contributed by atoms with E-state index in [1.165, 1.54) is 0 Å². The zero-order valence-corrected chi connectivity index (χ0v) is 7.62. The number of benzene rings is 1. The van der Waals surface area contributed by atoms with Gasteiger partial charge in [-0.25, -0.2) is 0 Å². The summed E-state index contributed by atoms with van der Waals surface area (Å²) in [6, 6.07) is 10.4. The number of hydrogen-bond acceptors (Lipinski definition) is 2. The normalized spacial score (nSPS) is 9.54. The molecule has 0 amide bonds. The van der Waals surface area contributed by atoms with Gasteiger partial charge in [-0.15, -0.1) is 6.58 Å². The molecule has 0 atom stereocenters. The Kier molecular flexibility index (Phi) is 4.72. The second-order valence-electron chi connectivity index (χ2n) is 2.58. The molecule has 0 fully saturated rings. The minimum absolute atomic E-state index is 0.678. The predicted molar refractivity (Wildman–Crippen MR) is 53.8 cm³/mol. The molecule has 0 spiro atoms. The molecule has 1 aromatic rings. The summed E-state index contributed by atoms with van der Waals surface area (Å²) >= 11 is 0. The van der Waals surface area contributed by atoms with Gasteiger partial charge in [-0.05, 0) is 18.2 Å². The third kappa shape index (κ3) is 4.33. The quantitative estimate of drug-likeness (QED) is 0.525. The van der Waals surface area contributed by atoms with Gasteiger partial charge in [0.05, 0.1) is 0 Å². The number of ether oxygens (including phenoxy) is 1. The van der Waals surface area contributed by atoms with Crippen molar-refractivity contribution in [2.24, 2.45) is 0 Å². The molecular weight excluding hydrogens is 162 g/mol. The first-order valence-corrected chi connectivity index (χ1v) is 4.34. The lowest BCUT2D eigenvalue weighted by atomic mass is 10.3. The molecule has 1 rings (SSSR count). The van der Waals surface area contributed by atoms with Crippen molar-refractivity contribution in [1.29, 1.82) is 0 Å². The molecule has 69 valence electrons. The fraction of sp³-hybridized carbons (Fsp3) is 0.273. The van der Waals surface area contributed by atoms with Crippen LogP contribution >= 0.6 is 0 Å². The summed E-state index contributed by atoms with van der Waals surface area (Å²) in [6.07, 6.45) is 1.83. The first kappa shape index (κ1) is 9.81. The Morgan fingerprint density at radius 2 is 2.23 bits per heavy atom. The molecule has 0 saturated carbocycles. The van der Waals surface area contributed by atoms with E-state index >= 15 is 0 Å². The van der Waals surface area contributed by atoms with Crippen molar-refractivity contribution in [3.8, 4) is 5.75 Å². The van der Waals surface area contributed by atoms with Gasteiger partial charge in [0.15, 0.2) is 0 Å². The topological polar surface area (TPSA) is 21.3 Å². The van der Waals surface area contributed by atoms with E-state index < -0.39 is 0 Å². The molecule has 2 nitrogen and oxygen atoms in total. The summed E-state index contributed by atoms with van der Waals surface area (Å²) < 4.78 is 5.44. The molecular formula is C11H14NO. The van der Waals surface area contributed by atoms with E-state index in [0.29, 0.717) is 6.61 Å². The van der Waals surface area contributed by atoms with E-state index in [-0.39, 0.29) is 0 Å². The molecule has 1 aromatic carbocycles. The molecule has 2 heteroatoms. The maximum Gasteiger partial charge on any atom is 0.119 e. The highest BCUT2D eigenvalue weighted by Gasteiger charge is 1.89. The van der Waals surface area contributed by atoms with Gasteiger partial charge >= 0.3 is 0 Å². The zero-order chi connectivity index (χ0) is 9.36. The van der Waals surface area contributed by atoms with Crippen molar-refractivity contribution in [3.63, 3.8) is 0 Å². The summed E-state index contributed by atoms with van der Waals surface area (Å²) in [4.78, 5) is 0. The molecule has 1 N–H and O–H groups in total. The van der Waals surface area contributed by atoms with Crippen molar-refractivity contribution >= 4 is 0 Å². The Labute approximate surface area is 79.2 Å². The van der Waals surface area contributed by atoms with Crippen LogP contribution in [0.25, 0.3) is 0 Å². The molecule has 0 bridgehead atoms. The van der Waals surface area contributed by atoms with Crippen LogP contribution in [-0.4, -0.2) is 19.7 Å². The summed E-state index contributed by atoms with van der Waals surface area (Å²) in [7, 11) is 0. The van der Waals surface area contributed by atoms with Gasteiger partial charge < -0.3 is 10.1 Å². The molecule has 0 aliphatic carbocycles. The van der Waals surface area contributed by atoms with Gasteiger partial charge in [0.25, 0.3) is 0 Å². The van der Waals surface area contributed by atoms with E-state index in [0.717, 1.165) is 18.8 Å². The van der Waals surface area contributed by atoms with Gasteiger partial charge in [0.2, 0.25) is 0 Å². The van der Waals surface area contributed by atoms with Crippen LogP contribution in [-0.2, 0) is 0 Å². The lowest BCUT2D eigenvalue weighted by molar-refractivity contribution is 0.316. The van der Waals surface area contributed by atoms with Crippen molar-refractivity contribution in [3.05, 3.63) is 43.0 Å². The summed E-state index contributed by atoms with van der Waals surface area (Å²) in [6.45, 7) is 5.95. The predicted octanol–water partition coefficient (Wildman–Crippen LogP) is 1.64. The standard InChI is InChI=1S/C11H14NO/c1-2-8-12-9-10-13-11-6-4-3-5-7-11/h2,4-7,12H,1,8-10H2. The van der Waals surface area contributed by atoms with E-state index in [4.69, 9.17) is 4.74 Å². The van der Waals surface area contributed by atoms with Crippen LogP contribution in [0.1, 0.15) is 0 Å². The van der Waals surface area contributed by atoms with Gasteiger partial charge in [-0.2, -0.15) is 0 Å². The van der Waals surface area contributed by atoms with E-state index in [9.17, 15) is 0 Å². The summed E-state index contributed by atoms with van der Waals surface area (Å²) in [5.41, 5.74) is 0. The lowest BCUT2D eigenvalue weighted by Gasteiger charge is -2.05. The molecule has 0 aliphatic heterocycles. The molecule has 0 aliphatic rings. The third-order valence-electron chi connectivity index (χ3n) is 1.52. The molecule has 0 unspecified atom stereocenters. The molecule has 0 aromatic heterocycles. The smallest absolute Gasteiger partial charge is 0.119 e. The average Bonchev–Trinajstić information content (AvgIpc) is 2.19. The van der Waals surface area contributed by atoms with Gasteiger partial charge in [-0.3, -0.25) is 0 Å². The second kappa shape index (κ2) is 6.26. The van der Waals surface area contributed by atoms with E-state index in [1.54, 1.807) is 0 Å². The first-order chi connectivity index (χ1) is 6.43. The van der Waals surface area contributed by atoms with Gasteiger partial charge in [0.1, 0.15) is 12.4 Å². The maximum absolute atomic E-state index is 5.44. The fourth-order valence-electron chi connectivity index (χ4n) is 0.913. The Morgan fingerprint density at radius 1 is 1.46 bits per heavy atom. The van der Waals surface area contributed by atoms with Crippen LogP contribution < -0.4 is 10.1 Å². The Morgan fingerprint density at radius 3 is 2.92 bits per heavy atom. The first-order valence-electron chi connectivity index (χ1n) is 4.34. The monoisotopic (exact) mass is 176 g/mol. The van der Waals surface area contributed by atoms with Crippen LogP contribution in [0, 0.1) is 6.07 Å². The Bertz CT molecular complexity index is 233. The van der Waals surface area contributed by atoms with E-state index in [2.05, 4.69) is 18.0 Å². The highest BCUT2D eigenvalue weighted by molar-refractivity contribution is 5.20. The van der Waals surface area contributed by atoms with Crippen molar-refractivity contribution in [1.82, 2.24) is 5.32 Å². The van der Waals surface area contributed by atoms with Crippen LogP contribution in [0.2, 0.25) is 0 Å². The highest BCUT2D eigenvalue weighted by Crippen LogP contribution is 2.06. The zero-order valence-electron chi connectivity index (χ0n) is 7.62. The number of nitrogens with one attached hydrogen (secondary N) is 1. The molecule has 0 saturated heterocycles. The van der Waals surface area contributed by atoms with Crippen molar-refractivity contribution in [2.75, 3.05) is 19.7 Å². The van der Waals surface area contributed by atoms with E-state index in [1.807, 2.05) is 30.3 Å². The molecule has 0 heterocycles. The third-order valence-corrected chi connectivity index (χ3v) is 1.52. The number of rotatable bonds is 6. The second-order valence-corrected chi connectivity index (χ2v) is 2.58. The van der Waals surface area contributed by atoms with Gasteiger partial charge in [-0.1, -0.05) is 18.2 Å².